The monoisotopic (exact) mass is 403 g/mol. The fraction of sp³-hybridized carbons (Fsp3) is 0.300. The molecule has 0 radical (unpaired) electrons. The summed E-state index contributed by atoms with van der Waals surface area (Å²) in [5, 5.41) is 2.65. The number of hydrogen-bond donors (Lipinski definition) is 1. The van der Waals surface area contributed by atoms with Gasteiger partial charge in [-0.05, 0) is 36.4 Å². The van der Waals surface area contributed by atoms with E-state index in [1.165, 1.54) is 18.3 Å². The number of ketones is 2. The maximum atomic E-state index is 12.1. The zero-order chi connectivity index (χ0) is 20.5. The van der Waals surface area contributed by atoms with Crippen molar-refractivity contribution in [2.24, 2.45) is 0 Å². The highest BCUT2D eigenvalue weighted by molar-refractivity contribution is 7.14. The molecule has 2 aromatic rings. The van der Waals surface area contributed by atoms with E-state index < -0.39 is 5.97 Å². The summed E-state index contributed by atoms with van der Waals surface area (Å²) < 4.78 is 10.2. The molecule has 0 saturated heterocycles. The predicted molar refractivity (Wildman–Crippen MR) is 104 cm³/mol. The van der Waals surface area contributed by atoms with Crippen molar-refractivity contribution in [3.05, 3.63) is 51.7 Å². The Hall–Kier alpha value is -3.00. The summed E-state index contributed by atoms with van der Waals surface area (Å²) in [7, 11) is 0. The molecule has 0 atom stereocenters. The van der Waals surface area contributed by atoms with Crippen LogP contribution in [0, 0.1) is 0 Å². The molecule has 28 heavy (non-hydrogen) atoms. The van der Waals surface area contributed by atoms with Gasteiger partial charge >= 0.3 is 5.97 Å². The highest BCUT2D eigenvalue weighted by Gasteiger charge is 2.13. The van der Waals surface area contributed by atoms with Crippen molar-refractivity contribution in [1.29, 1.82) is 0 Å². The van der Waals surface area contributed by atoms with Crippen LogP contribution in [0.1, 0.15) is 45.2 Å². The molecule has 8 heteroatoms. The number of carbonyl (C=O) groups is 4. The van der Waals surface area contributed by atoms with Gasteiger partial charge in [0.1, 0.15) is 5.75 Å². The van der Waals surface area contributed by atoms with Gasteiger partial charge < -0.3 is 14.8 Å². The van der Waals surface area contributed by atoms with E-state index in [1.54, 1.807) is 43.3 Å². The van der Waals surface area contributed by atoms with Gasteiger partial charge in [-0.1, -0.05) is 6.92 Å². The number of rotatable bonds is 10. The van der Waals surface area contributed by atoms with Crippen molar-refractivity contribution >= 4 is 34.8 Å². The van der Waals surface area contributed by atoms with Crippen molar-refractivity contribution in [3.8, 4) is 5.75 Å². The van der Waals surface area contributed by atoms with Gasteiger partial charge in [0.2, 0.25) is 11.7 Å². The first kappa shape index (κ1) is 21.3. The number of carbonyl (C=O) groups excluding carboxylic acids is 4. The second-order valence-electron chi connectivity index (χ2n) is 5.85. The molecule has 1 heterocycles. The van der Waals surface area contributed by atoms with Crippen LogP contribution in [0.25, 0.3) is 0 Å². The molecule has 1 aromatic heterocycles. The molecular formula is C20H21NO6S. The summed E-state index contributed by atoms with van der Waals surface area (Å²) in [4.78, 5) is 47.6. The maximum absolute atomic E-state index is 12.1. The van der Waals surface area contributed by atoms with Gasteiger partial charge in [-0.3, -0.25) is 14.4 Å². The molecule has 1 N–H and O–H groups in total. The van der Waals surface area contributed by atoms with E-state index in [4.69, 9.17) is 9.47 Å². The summed E-state index contributed by atoms with van der Waals surface area (Å²) in [6, 6.07) is 9.84. The molecule has 1 aromatic carbocycles. The van der Waals surface area contributed by atoms with Crippen LogP contribution in [-0.2, 0) is 20.9 Å². The van der Waals surface area contributed by atoms with Gasteiger partial charge in [0.05, 0.1) is 11.4 Å². The third-order valence-corrected chi connectivity index (χ3v) is 4.79. The second-order valence-corrected chi connectivity index (χ2v) is 7.02. The summed E-state index contributed by atoms with van der Waals surface area (Å²) in [5.74, 6) is -0.691. The van der Waals surface area contributed by atoms with Crippen molar-refractivity contribution < 1.29 is 28.7 Å². The van der Waals surface area contributed by atoms with E-state index >= 15 is 0 Å². The Balaban J connectivity index is 1.75. The van der Waals surface area contributed by atoms with E-state index in [9.17, 15) is 19.2 Å². The number of esters is 1. The largest absolute Gasteiger partial charge is 0.482 e. The van der Waals surface area contributed by atoms with E-state index in [0.29, 0.717) is 29.2 Å². The average Bonchev–Trinajstić information content (AvgIpc) is 3.18. The summed E-state index contributed by atoms with van der Waals surface area (Å²) in [6.45, 7) is 2.83. The lowest BCUT2D eigenvalue weighted by molar-refractivity contribution is -0.144. The number of nitrogens with one attached hydrogen (secondary N) is 1. The van der Waals surface area contributed by atoms with E-state index in [-0.39, 0.29) is 30.7 Å². The van der Waals surface area contributed by atoms with Crippen molar-refractivity contribution in [2.45, 2.75) is 26.8 Å². The second kappa shape index (κ2) is 10.4. The number of benzene rings is 1. The Morgan fingerprint density at radius 2 is 1.68 bits per heavy atom. The third kappa shape index (κ3) is 6.62. The molecule has 7 nitrogen and oxygen atoms in total. The molecule has 1 amide bonds. The van der Waals surface area contributed by atoms with Crippen molar-refractivity contribution in [1.82, 2.24) is 5.32 Å². The van der Waals surface area contributed by atoms with Crippen LogP contribution in [0.2, 0.25) is 0 Å². The quantitative estimate of drug-likeness (QED) is 0.484. The molecule has 0 aliphatic rings. The molecule has 0 aliphatic heterocycles. The fourth-order valence-electron chi connectivity index (χ4n) is 2.18. The van der Waals surface area contributed by atoms with Crippen molar-refractivity contribution in [2.75, 3.05) is 13.2 Å². The molecule has 0 bridgehead atoms. The van der Waals surface area contributed by atoms with Gasteiger partial charge in [-0.2, -0.15) is 0 Å². The summed E-state index contributed by atoms with van der Waals surface area (Å²) >= 11 is 1.24. The highest BCUT2D eigenvalue weighted by atomic mass is 32.1. The van der Waals surface area contributed by atoms with Crippen LogP contribution in [0.5, 0.6) is 5.75 Å². The first-order chi connectivity index (χ1) is 13.4. The number of thiophene rings is 1. The number of ether oxygens (including phenoxy) is 2. The molecule has 2 rings (SSSR count). The fourth-order valence-corrected chi connectivity index (χ4v) is 3.05. The Morgan fingerprint density at radius 3 is 2.32 bits per heavy atom. The molecule has 0 fully saturated rings. The standard InChI is InChI=1S/C20H21NO6S/c1-3-17(23)14-4-6-15(7-5-14)26-12-20(25)27-11-18(24)19-9-8-16(28-19)10-21-13(2)22/h4-9H,3,10-12H2,1-2H3,(H,21,22). The lowest BCUT2D eigenvalue weighted by Crippen LogP contribution is -2.19. The molecular weight excluding hydrogens is 382 g/mol. The third-order valence-electron chi connectivity index (χ3n) is 3.67. The zero-order valence-electron chi connectivity index (χ0n) is 15.7. The van der Waals surface area contributed by atoms with Crippen LogP contribution in [-0.4, -0.2) is 36.7 Å². The lowest BCUT2D eigenvalue weighted by Gasteiger charge is -2.07. The topological polar surface area (TPSA) is 98.8 Å². The zero-order valence-corrected chi connectivity index (χ0v) is 16.5. The molecule has 0 saturated carbocycles. The molecule has 0 unspecified atom stereocenters. The van der Waals surface area contributed by atoms with Crippen LogP contribution in [0.15, 0.2) is 36.4 Å². The number of amides is 1. The van der Waals surface area contributed by atoms with Crippen LogP contribution >= 0.6 is 11.3 Å². The van der Waals surface area contributed by atoms with Gasteiger partial charge in [0.15, 0.2) is 19.0 Å². The summed E-state index contributed by atoms with van der Waals surface area (Å²) in [5.41, 5.74) is 0.580. The Morgan fingerprint density at radius 1 is 0.964 bits per heavy atom. The van der Waals surface area contributed by atoms with Crippen LogP contribution in [0.3, 0.4) is 0 Å². The Bertz CT molecular complexity index is 856. The summed E-state index contributed by atoms with van der Waals surface area (Å²) in [6.07, 6.45) is 0.416. The minimum Gasteiger partial charge on any atom is -0.482 e. The highest BCUT2D eigenvalue weighted by Crippen LogP contribution is 2.17. The minimum absolute atomic E-state index is 0.0262. The molecule has 0 aliphatic carbocycles. The molecule has 0 spiro atoms. The molecule has 148 valence electrons. The van der Waals surface area contributed by atoms with Gasteiger partial charge in [-0.15, -0.1) is 11.3 Å². The Kier molecular flexibility index (Phi) is 7.88. The van der Waals surface area contributed by atoms with Crippen molar-refractivity contribution in [3.63, 3.8) is 0 Å². The first-order valence-corrected chi connectivity index (χ1v) is 9.48. The van der Waals surface area contributed by atoms with Crippen LogP contribution < -0.4 is 10.1 Å². The van der Waals surface area contributed by atoms with E-state index in [2.05, 4.69) is 5.32 Å². The van der Waals surface area contributed by atoms with Gasteiger partial charge in [0.25, 0.3) is 0 Å². The number of Topliss-reactive ketones (excluding diaryl/α,β-unsaturated/α-hetero) is 2. The maximum Gasteiger partial charge on any atom is 0.344 e. The smallest absolute Gasteiger partial charge is 0.344 e. The van der Waals surface area contributed by atoms with E-state index in [1.807, 2.05) is 0 Å². The predicted octanol–water partition coefficient (Wildman–Crippen LogP) is 2.78. The lowest BCUT2D eigenvalue weighted by atomic mass is 10.1. The minimum atomic E-state index is -0.669. The first-order valence-electron chi connectivity index (χ1n) is 8.67. The Labute approximate surface area is 166 Å². The SMILES string of the molecule is CCC(=O)c1ccc(OCC(=O)OCC(=O)c2ccc(CNC(C)=O)s2)cc1. The normalized spacial score (nSPS) is 10.2. The number of hydrogen-bond acceptors (Lipinski definition) is 7. The van der Waals surface area contributed by atoms with Crippen LogP contribution in [0.4, 0.5) is 0 Å². The average molecular weight is 403 g/mol. The van der Waals surface area contributed by atoms with Gasteiger partial charge in [0, 0.05) is 23.8 Å². The van der Waals surface area contributed by atoms with E-state index in [0.717, 1.165) is 4.88 Å². The van der Waals surface area contributed by atoms with Gasteiger partial charge in [-0.25, -0.2) is 4.79 Å².